The van der Waals surface area contributed by atoms with Gasteiger partial charge in [-0.05, 0) is 45.1 Å². The number of aliphatic hydroxyl groups excluding tert-OH is 1. The minimum atomic E-state index is -0.896. The summed E-state index contributed by atoms with van der Waals surface area (Å²) in [6, 6.07) is 0. The summed E-state index contributed by atoms with van der Waals surface area (Å²) in [7, 11) is 0. The number of hydrogen-bond acceptors (Lipinski definition) is 2. The van der Waals surface area contributed by atoms with Gasteiger partial charge in [-0.3, -0.25) is 0 Å². The van der Waals surface area contributed by atoms with E-state index in [-0.39, 0.29) is 6.61 Å². The second-order valence-electron chi connectivity index (χ2n) is 4.02. The van der Waals surface area contributed by atoms with Crippen molar-refractivity contribution in [1.29, 1.82) is 0 Å². The predicted molar refractivity (Wildman–Crippen MR) is 60.1 cm³/mol. The molecule has 0 saturated heterocycles. The van der Waals surface area contributed by atoms with Crippen molar-refractivity contribution in [2.75, 3.05) is 6.61 Å². The molecule has 2 heteroatoms. The largest absolute Gasteiger partial charge is 0.392 e. The molecule has 0 spiro atoms. The highest BCUT2D eigenvalue weighted by Crippen LogP contribution is 2.16. The molecule has 0 amide bonds. The molecule has 0 aromatic heterocycles. The second-order valence-corrected chi connectivity index (χ2v) is 4.02. The summed E-state index contributed by atoms with van der Waals surface area (Å²) in [5, 5.41) is 18.7. The van der Waals surface area contributed by atoms with Crippen molar-refractivity contribution in [2.24, 2.45) is 0 Å². The normalized spacial score (nSPS) is 13.0. The molecule has 0 bridgehead atoms. The van der Waals surface area contributed by atoms with Crippen LogP contribution in [0.4, 0.5) is 0 Å². The van der Waals surface area contributed by atoms with Gasteiger partial charge < -0.3 is 10.2 Å². The molecule has 0 radical (unpaired) electrons. The topological polar surface area (TPSA) is 40.5 Å². The minimum Gasteiger partial charge on any atom is -0.392 e. The Bertz CT molecular complexity index is 187. The average molecular weight is 198 g/mol. The van der Waals surface area contributed by atoms with Crippen LogP contribution in [-0.2, 0) is 0 Å². The van der Waals surface area contributed by atoms with Crippen LogP contribution in [0.5, 0.6) is 0 Å². The number of aliphatic hydroxyl groups is 2. The molecule has 0 atom stereocenters. The Morgan fingerprint density at radius 1 is 1.29 bits per heavy atom. The summed E-state index contributed by atoms with van der Waals surface area (Å²) < 4.78 is 0. The first-order valence-electron chi connectivity index (χ1n) is 5.16. The smallest absolute Gasteiger partial charge is 0.0822 e. The maximum atomic E-state index is 9.64. The second kappa shape index (κ2) is 6.80. The first-order chi connectivity index (χ1) is 6.52. The summed E-state index contributed by atoms with van der Waals surface area (Å²) in [5.74, 6) is 0. The van der Waals surface area contributed by atoms with Crippen molar-refractivity contribution in [1.82, 2.24) is 0 Å². The Morgan fingerprint density at radius 3 is 2.29 bits per heavy atom. The van der Waals surface area contributed by atoms with E-state index in [2.05, 4.69) is 6.58 Å². The molecule has 0 rings (SSSR count). The van der Waals surface area contributed by atoms with Crippen LogP contribution in [0.1, 0.15) is 39.5 Å². The van der Waals surface area contributed by atoms with Gasteiger partial charge in [0, 0.05) is 0 Å². The highest BCUT2D eigenvalue weighted by Gasteiger charge is 2.17. The van der Waals surface area contributed by atoms with Gasteiger partial charge in [0.15, 0.2) is 0 Å². The van der Waals surface area contributed by atoms with Gasteiger partial charge in [0.05, 0.1) is 12.2 Å². The summed E-state index contributed by atoms with van der Waals surface area (Å²) >= 11 is 0. The zero-order valence-corrected chi connectivity index (χ0v) is 9.29. The Morgan fingerprint density at radius 2 is 1.86 bits per heavy atom. The summed E-state index contributed by atoms with van der Waals surface area (Å²) in [5.41, 5.74) is -0.191. The summed E-state index contributed by atoms with van der Waals surface area (Å²) in [6.45, 7) is 6.98. The molecule has 0 aliphatic heterocycles. The fourth-order valence-corrected chi connectivity index (χ4v) is 1.22. The lowest BCUT2D eigenvalue weighted by atomic mass is 9.97. The van der Waals surface area contributed by atoms with Crippen LogP contribution in [0, 0.1) is 0 Å². The van der Waals surface area contributed by atoms with Crippen molar-refractivity contribution in [2.45, 2.75) is 45.1 Å². The molecule has 0 saturated carbocycles. The number of hydrogen-bond donors (Lipinski definition) is 2. The van der Waals surface area contributed by atoms with Gasteiger partial charge in [0.2, 0.25) is 0 Å². The minimum absolute atomic E-state index is 0.0645. The van der Waals surface area contributed by atoms with Crippen LogP contribution >= 0.6 is 0 Å². The molecule has 14 heavy (non-hydrogen) atoms. The fourth-order valence-electron chi connectivity index (χ4n) is 1.22. The highest BCUT2D eigenvalue weighted by atomic mass is 16.3. The molecule has 2 N–H and O–H groups in total. The zero-order valence-electron chi connectivity index (χ0n) is 9.29. The quantitative estimate of drug-likeness (QED) is 0.487. The van der Waals surface area contributed by atoms with E-state index in [1.54, 1.807) is 13.8 Å². The standard InChI is InChI=1S/C12H22O2/c1-4-5-6-7-8-9-11(10-13)12(2,3)14/h4,9,13-14H,1,5-8,10H2,2-3H3/b11-9+. The van der Waals surface area contributed by atoms with Crippen LogP contribution in [-0.4, -0.2) is 22.4 Å². The first-order valence-corrected chi connectivity index (χ1v) is 5.16. The maximum Gasteiger partial charge on any atom is 0.0822 e. The maximum absolute atomic E-state index is 9.64. The van der Waals surface area contributed by atoms with E-state index < -0.39 is 5.60 Å². The molecule has 0 aromatic rings. The Balaban J connectivity index is 3.88. The van der Waals surface area contributed by atoms with Crippen molar-refractivity contribution < 1.29 is 10.2 Å². The van der Waals surface area contributed by atoms with Gasteiger partial charge in [0.25, 0.3) is 0 Å². The van der Waals surface area contributed by atoms with Crippen molar-refractivity contribution >= 4 is 0 Å². The van der Waals surface area contributed by atoms with Crippen molar-refractivity contribution in [3.05, 3.63) is 24.3 Å². The predicted octanol–water partition coefficient (Wildman–Crippen LogP) is 2.42. The fraction of sp³-hybridized carbons (Fsp3) is 0.667. The third-order valence-corrected chi connectivity index (χ3v) is 2.21. The van der Waals surface area contributed by atoms with Crippen LogP contribution in [0.2, 0.25) is 0 Å². The number of rotatable bonds is 7. The molecule has 0 aromatic carbocycles. The molecule has 2 nitrogen and oxygen atoms in total. The van der Waals surface area contributed by atoms with E-state index in [0.717, 1.165) is 25.7 Å². The van der Waals surface area contributed by atoms with E-state index in [1.165, 1.54) is 0 Å². The lowest BCUT2D eigenvalue weighted by molar-refractivity contribution is 0.104. The van der Waals surface area contributed by atoms with Gasteiger partial charge >= 0.3 is 0 Å². The molecular weight excluding hydrogens is 176 g/mol. The van der Waals surface area contributed by atoms with Gasteiger partial charge in [0.1, 0.15) is 0 Å². The van der Waals surface area contributed by atoms with Crippen molar-refractivity contribution in [3.8, 4) is 0 Å². The Kier molecular flexibility index (Phi) is 6.50. The zero-order chi connectivity index (χ0) is 11.0. The molecule has 0 aliphatic carbocycles. The van der Waals surface area contributed by atoms with Crippen LogP contribution in [0.3, 0.4) is 0 Å². The molecule has 82 valence electrons. The van der Waals surface area contributed by atoms with E-state index >= 15 is 0 Å². The lowest BCUT2D eigenvalue weighted by Crippen LogP contribution is -2.24. The first kappa shape index (κ1) is 13.4. The van der Waals surface area contributed by atoms with Gasteiger partial charge in [-0.25, -0.2) is 0 Å². The van der Waals surface area contributed by atoms with Crippen LogP contribution in [0.15, 0.2) is 24.3 Å². The summed E-state index contributed by atoms with van der Waals surface area (Å²) in [6.07, 6.45) is 7.98. The van der Waals surface area contributed by atoms with Crippen LogP contribution in [0.25, 0.3) is 0 Å². The summed E-state index contributed by atoms with van der Waals surface area (Å²) in [4.78, 5) is 0. The van der Waals surface area contributed by atoms with Gasteiger partial charge in [-0.15, -0.1) is 6.58 Å². The van der Waals surface area contributed by atoms with E-state index in [1.807, 2.05) is 12.2 Å². The van der Waals surface area contributed by atoms with E-state index in [9.17, 15) is 5.11 Å². The average Bonchev–Trinajstić information content (AvgIpc) is 2.09. The van der Waals surface area contributed by atoms with Crippen LogP contribution < -0.4 is 0 Å². The third kappa shape index (κ3) is 5.95. The van der Waals surface area contributed by atoms with Gasteiger partial charge in [-0.2, -0.15) is 0 Å². The Labute approximate surface area is 87.0 Å². The van der Waals surface area contributed by atoms with Crippen molar-refractivity contribution in [3.63, 3.8) is 0 Å². The number of unbranched alkanes of at least 4 members (excludes halogenated alkanes) is 3. The Hall–Kier alpha value is -0.600. The monoisotopic (exact) mass is 198 g/mol. The SMILES string of the molecule is C=CCCCC/C=C(\CO)C(C)(C)O. The molecule has 0 fully saturated rings. The van der Waals surface area contributed by atoms with E-state index in [4.69, 9.17) is 5.11 Å². The number of allylic oxidation sites excluding steroid dienone is 2. The molecule has 0 unspecified atom stereocenters. The molecule has 0 heterocycles. The van der Waals surface area contributed by atoms with E-state index in [0.29, 0.717) is 5.57 Å². The molecular formula is C12H22O2. The molecule has 0 aliphatic rings. The van der Waals surface area contributed by atoms with Gasteiger partial charge in [-0.1, -0.05) is 12.2 Å². The highest BCUT2D eigenvalue weighted by molar-refractivity contribution is 5.13. The lowest BCUT2D eigenvalue weighted by Gasteiger charge is -2.19. The third-order valence-electron chi connectivity index (χ3n) is 2.21.